The average Bonchev–Trinajstić information content (AvgIpc) is 2.31. The molecule has 0 aliphatic carbocycles. The smallest absolute Gasteiger partial charge is 0.260 e. The molecule has 0 heterocycles. The summed E-state index contributed by atoms with van der Waals surface area (Å²) in [6, 6.07) is 0. The van der Waals surface area contributed by atoms with Crippen LogP contribution >= 0.6 is 0 Å². The Morgan fingerprint density at radius 3 is 2.31 bits per heavy atom. The molecule has 0 radical (unpaired) electrons. The molecular formula is C12H22N4. The lowest BCUT2D eigenvalue weighted by Gasteiger charge is -2.04. The largest absolute Gasteiger partial charge is 0.362 e. The van der Waals surface area contributed by atoms with Crippen molar-refractivity contribution in [3.8, 4) is 0 Å². The van der Waals surface area contributed by atoms with Gasteiger partial charge in [0.05, 0.1) is 5.92 Å². The molecule has 90 valence electrons. The van der Waals surface area contributed by atoms with Crippen molar-refractivity contribution >= 4 is 12.4 Å². The lowest BCUT2D eigenvalue weighted by Crippen LogP contribution is -2.00. The second-order valence-electron chi connectivity index (χ2n) is 4.08. The van der Waals surface area contributed by atoms with Gasteiger partial charge in [-0.05, 0) is 19.3 Å². The predicted molar refractivity (Wildman–Crippen MR) is 65.5 cm³/mol. The predicted octanol–water partition coefficient (Wildman–Crippen LogP) is 3.34. The summed E-state index contributed by atoms with van der Waals surface area (Å²) in [5.74, 6) is 0.423. The Morgan fingerprint density at radius 1 is 1.00 bits per heavy atom. The third-order valence-corrected chi connectivity index (χ3v) is 2.79. The average molecular weight is 222 g/mol. The quantitative estimate of drug-likeness (QED) is 0.235. The molecule has 0 aromatic carbocycles. The van der Waals surface area contributed by atoms with Crippen molar-refractivity contribution in [3.63, 3.8) is 0 Å². The van der Waals surface area contributed by atoms with Gasteiger partial charge >= 0.3 is 0 Å². The van der Waals surface area contributed by atoms with Crippen LogP contribution in [-0.2, 0) is 0 Å². The summed E-state index contributed by atoms with van der Waals surface area (Å²) in [6.07, 6.45) is 12.1. The first-order chi connectivity index (χ1) is 7.85. The van der Waals surface area contributed by atoms with E-state index in [0.29, 0.717) is 5.92 Å². The highest BCUT2D eigenvalue weighted by Gasteiger charge is 2.06. The maximum absolute atomic E-state index is 8.43. The zero-order chi connectivity index (χ0) is 12.1. The highest BCUT2D eigenvalue weighted by Crippen LogP contribution is 2.12. The van der Waals surface area contributed by atoms with E-state index >= 15 is 0 Å². The summed E-state index contributed by atoms with van der Waals surface area (Å²) >= 11 is 0. The van der Waals surface area contributed by atoms with Gasteiger partial charge in [-0.25, -0.2) is 0 Å². The highest BCUT2D eigenvalue weighted by molar-refractivity contribution is 5.53. The van der Waals surface area contributed by atoms with Crippen LogP contribution in [0.25, 0.3) is 11.1 Å². The Bertz CT molecular complexity index is 250. The van der Waals surface area contributed by atoms with Crippen LogP contribution in [0.2, 0.25) is 0 Å². The molecule has 0 saturated carbocycles. The van der Waals surface area contributed by atoms with E-state index in [4.69, 9.17) is 11.1 Å². The Labute approximate surface area is 97.9 Å². The van der Waals surface area contributed by atoms with Gasteiger partial charge in [-0.2, -0.15) is 9.58 Å². The van der Waals surface area contributed by atoms with Crippen molar-refractivity contribution in [1.29, 1.82) is 0 Å². The first-order valence-electron chi connectivity index (χ1n) is 6.18. The lowest BCUT2D eigenvalue weighted by atomic mass is 9.99. The van der Waals surface area contributed by atoms with E-state index in [0.717, 1.165) is 25.7 Å². The monoisotopic (exact) mass is 222 g/mol. The molecule has 4 heteroatoms. The van der Waals surface area contributed by atoms with Crippen molar-refractivity contribution < 1.29 is 9.58 Å². The maximum atomic E-state index is 8.43. The van der Waals surface area contributed by atoms with Crippen molar-refractivity contribution in [2.45, 2.75) is 58.3 Å². The third-order valence-electron chi connectivity index (χ3n) is 2.79. The SMILES string of the molecule is CCC(C=[N+]=[N-])CCCCCCCC=[N+]=[N-]. The molecule has 0 amide bonds. The molecule has 0 spiro atoms. The normalized spacial score (nSPS) is 11.3. The summed E-state index contributed by atoms with van der Waals surface area (Å²) in [4.78, 5) is 6.05. The standard InChI is InChI=1S/C12H22N4/c1-2-12(11-16-14)9-7-5-3-4-6-8-10-15-13/h10-12H,2-9H2,1H3. The van der Waals surface area contributed by atoms with Crippen LogP contribution in [-0.4, -0.2) is 22.0 Å². The fraction of sp³-hybridized carbons (Fsp3) is 0.833. The molecule has 0 aliphatic rings. The van der Waals surface area contributed by atoms with Gasteiger partial charge in [-0.15, -0.1) is 0 Å². The van der Waals surface area contributed by atoms with Crippen LogP contribution in [0.3, 0.4) is 0 Å². The minimum absolute atomic E-state index is 0.423. The van der Waals surface area contributed by atoms with Crippen LogP contribution in [0.15, 0.2) is 0 Å². The molecule has 0 aromatic rings. The minimum Gasteiger partial charge on any atom is -0.362 e. The van der Waals surface area contributed by atoms with Gasteiger partial charge in [0.2, 0.25) is 0 Å². The zero-order valence-electron chi connectivity index (χ0n) is 10.2. The molecule has 0 aliphatic heterocycles. The van der Waals surface area contributed by atoms with Gasteiger partial charge in [0.1, 0.15) is 0 Å². The van der Waals surface area contributed by atoms with E-state index in [1.54, 1.807) is 12.4 Å². The molecule has 0 fully saturated rings. The second kappa shape index (κ2) is 11.8. The summed E-state index contributed by atoms with van der Waals surface area (Å²) in [6.45, 7) is 2.11. The number of hydrogen-bond donors (Lipinski definition) is 0. The molecular weight excluding hydrogens is 200 g/mol. The third kappa shape index (κ3) is 9.32. The Kier molecular flexibility index (Phi) is 10.9. The Hall–Kier alpha value is -1.24. The van der Waals surface area contributed by atoms with Crippen molar-refractivity contribution in [2.75, 3.05) is 0 Å². The number of rotatable bonds is 10. The number of unbranched alkanes of at least 4 members (excludes halogenated alkanes) is 5. The summed E-state index contributed by atoms with van der Waals surface area (Å²) in [5.41, 5.74) is 16.6. The number of hydrogen-bond acceptors (Lipinski definition) is 0. The van der Waals surface area contributed by atoms with E-state index in [1.165, 1.54) is 25.7 Å². The molecule has 0 rings (SSSR count). The minimum atomic E-state index is 0.423. The molecule has 4 nitrogen and oxygen atoms in total. The van der Waals surface area contributed by atoms with Gasteiger partial charge in [0.15, 0.2) is 0 Å². The first kappa shape index (κ1) is 14.8. The van der Waals surface area contributed by atoms with Crippen molar-refractivity contribution in [3.05, 3.63) is 11.1 Å². The summed E-state index contributed by atoms with van der Waals surface area (Å²) in [5, 5.41) is 0. The molecule has 16 heavy (non-hydrogen) atoms. The van der Waals surface area contributed by atoms with E-state index in [1.807, 2.05) is 0 Å². The second-order valence-corrected chi connectivity index (χ2v) is 4.08. The van der Waals surface area contributed by atoms with Crippen LogP contribution in [0.1, 0.15) is 58.3 Å². The van der Waals surface area contributed by atoms with Crippen LogP contribution in [0.4, 0.5) is 0 Å². The maximum Gasteiger partial charge on any atom is 0.260 e. The molecule has 0 saturated heterocycles. The molecule has 0 aromatic heterocycles. The number of nitrogens with zero attached hydrogens (tertiary/aromatic N) is 4. The Morgan fingerprint density at radius 2 is 1.69 bits per heavy atom. The van der Waals surface area contributed by atoms with Gasteiger partial charge in [0, 0.05) is 6.42 Å². The van der Waals surface area contributed by atoms with Gasteiger partial charge in [-0.3, -0.25) is 0 Å². The molecule has 0 bridgehead atoms. The first-order valence-corrected chi connectivity index (χ1v) is 6.18. The Balaban J connectivity index is 3.31. The molecule has 1 unspecified atom stereocenters. The van der Waals surface area contributed by atoms with E-state index < -0.39 is 0 Å². The van der Waals surface area contributed by atoms with Crippen LogP contribution in [0.5, 0.6) is 0 Å². The van der Waals surface area contributed by atoms with Crippen LogP contribution < -0.4 is 0 Å². The lowest BCUT2D eigenvalue weighted by molar-refractivity contribution is -0.00371. The molecule has 0 N–H and O–H groups in total. The zero-order valence-corrected chi connectivity index (χ0v) is 10.2. The van der Waals surface area contributed by atoms with Gasteiger partial charge in [-0.1, -0.05) is 32.6 Å². The van der Waals surface area contributed by atoms with Gasteiger partial charge in [0.25, 0.3) is 12.4 Å². The van der Waals surface area contributed by atoms with E-state index in [2.05, 4.69) is 16.5 Å². The summed E-state index contributed by atoms with van der Waals surface area (Å²) in [7, 11) is 0. The summed E-state index contributed by atoms with van der Waals surface area (Å²) < 4.78 is 0. The fourth-order valence-corrected chi connectivity index (χ4v) is 1.71. The topological polar surface area (TPSA) is 72.8 Å². The molecule has 1 atom stereocenters. The fourth-order valence-electron chi connectivity index (χ4n) is 1.71. The van der Waals surface area contributed by atoms with E-state index in [-0.39, 0.29) is 0 Å². The van der Waals surface area contributed by atoms with Crippen molar-refractivity contribution in [1.82, 2.24) is 0 Å². The van der Waals surface area contributed by atoms with Crippen LogP contribution in [0, 0.1) is 5.92 Å². The van der Waals surface area contributed by atoms with Gasteiger partial charge < -0.3 is 11.1 Å². The highest BCUT2D eigenvalue weighted by atomic mass is 14.8. The van der Waals surface area contributed by atoms with Crippen molar-refractivity contribution in [2.24, 2.45) is 5.92 Å². The van der Waals surface area contributed by atoms with E-state index in [9.17, 15) is 0 Å².